The van der Waals surface area contributed by atoms with Gasteiger partial charge in [0, 0.05) is 18.8 Å². The van der Waals surface area contributed by atoms with E-state index in [1.165, 1.54) is 11.3 Å². The molecule has 2 atom stereocenters. The molecule has 2 heterocycles. The van der Waals surface area contributed by atoms with E-state index < -0.39 is 0 Å². The predicted octanol–water partition coefficient (Wildman–Crippen LogP) is 0.362. The number of hydrogen-bond acceptors (Lipinski definition) is 4. The number of carbonyl (C=O) groups excluding carboxylic acids is 1. The highest BCUT2D eigenvalue weighted by Gasteiger charge is 2.28. The Kier molecular flexibility index (Phi) is 3.04. The van der Waals surface area contributed by atoms with Crippen molar-refractivity contribution in [2.75, 3.05) is 19.8 Å². The summed E-state index contributed by atoms with van der Waals surface area (Å²) in [4.78, 5) is 11.5. The Morgan fingerprint density at radius 3 is 3.29 bits per heavy atom. The van der Waals surface area contributed by atoms with Gasteiger partial charge in [-0.2, -0.15) is 0 Å². The molecule has 0 spiro atoms. The highest BCUT2D eigenvalue weighted by molar-refractivity contribution is 7.31. The molecule has 0 fully saturated rings. The van der Waals surface area contributed by atoms with E-state index in [-0.39, 0.29) is 20.8 Å². The second-order valence-electron chi connectivity index (χ2n) is 3.52. The summed E-state index contributed by atoms with van der Waals surface area (Å²) in [6.45, 7) is 3.66. The van der Waals surface area contributed by atoms with Gasteiger partial charge < -0.3 is 9.84 Å². The van der Waals surface area contributed by atoms with Crippen LogP contribution in [0.5, 0.6) is 0 Å². The lowest BCUT2D eigenvalue weighted by Crippen LogP contribution is -2.42. The predicted molar refractivity (Wildman–Crippen MR) is 56.4 cm³/mol. The van der Waals surface area contributed by atoms with E-state index >= 15 is 0 Å². The van der Waals surface area contributed by atoms with Gasteiger partial charge >= 0.3 is 5.97 Å². The van der Waals surface area contributed by atoms with Crippen molar-refractivity contribution < 1.29 is 9.32 Å². The molecular weight excluding hydrogens is 199 g/mol. The highest BCUT2D eigenvalue weighted by atomic mass is 31.1. The Bertz CT molecular complexity index is 278. The topological polar surface area (TPSA) is 50.4 Å². The van der Waals surface area contributed by atoms with Crippen LogP contribution in [0.1, 0.15) is 12.8 Å². The Hall–Kier alpha value is -0.600. The first kappa shape index (κ1) is 9.94. The van der Waals surface area contributed by atoms with Gasteiger partial charge in [0.05, 0.1) is 8.81 Å². The summed E-state index contributed by atoms with van der Waals surface area (Å²) >= 11 is 0. The van der Waals surface area contributed by atoms with E-state index in [4.69, 9.17) is 4.52 Å². The average Bonchev–Trinajstić information content (AvgIpc) is 2.64. The summed E-state index contributed by atoms with van der Waals surface area (Å²) in [7, 11) is 0.244. The van der Waals surface area contributed by atoms with Gasteiger partial charge in [-0.1, -0.05) is 0 Å². The summed E-state index contributed by atoms with van der Waals surface area (Å²) in [5.41, 5.74) is 2.68. The molecule has 0 amide bonds. The van der Waals surface area contributed by atoms with Crippen LogP contribution in [0.4, 0.5) is 0 Å². The van der Waals surface area contributed by atoms with Gasteiger partial charge in [0.15, 0.2) is 0 Å². The molecule has 0 radical (unpaired) electrons. The minimum Gasteiger partial charge on any atom is -0.447 e. The molecule has 0 aliphatic carbocycles. The molecule has 4 nitrogen and oxygen atoms in total. The van der Waals surface area contributed by atoms with Crippen molar-refractivity contribution in [3.05, 3.63) is 11.3 Å². The minimum absolute atomic E-state index is 0.107. The van der Waals surface area contributed by atoms with E-state index in [1.807, 2.05) is 6.66 Å². The van der Waals surface area contributed by atoms with E-state index in [1.54, 1.807) is 0 Å². The molecule has 0 aromatic rings. The van der Waals surface area contributed by atoms with Crippen LogP contribution in [0, 0.1) is 0 Å². The fourth-order valence-corrected chi connectivity index (χ4v) is 2.28. The zero-order chi connectivity index (χ0) is 9.97. The zero-order valence-electron chi connectivity index (χ0n) is 8.22. The molecule has 2 aliphatic rings. The number of carbonyl (C=O) groups is 1. The van der Waals surface area contributed by atoms with Gasteiger partial charge in [-0.05, 0) is 25.1 Å². The number of rotatable bonds is 2. The Morgan fingerprint density at radius 2 is 2.50 bits per heavy atom. The van der Waals surface area contributed by atoms with Crippen LogP contribution in [0.25, 0.3) is 0 Å². The maximum atomic E-state index is 11.5. The van der Waals surface area contributed by atoms with E-state index in [0.29, 0.717) is 0 Å². The first-order valence-electron chi connectivity index (χ1n) is 4.87. The van der Waals surface area contributed by atoms with Gasteiger partial charge in [0.25, 0.3) is 0 Å². The van der Waals surface area contributed by atoms with Crippen LogP contribution in [0.15, 0.2) is 11.3 Å². The first-order valence-corrected chi connectivity index (χ1v) is 6.27. The molecular formula is C9H15N2O2P. The molecule has 14 heavy (non-hydrogen) atoms. The summed E-state index contributed by atoms with van der Waals surface area (Å²) in [5.74, 6) is -0.107. The molecule has 0 aromatic carbocycles. The molecule has 2 aliphatic heterocycles. The van der Waals surface area contributed by atoms with E-state index in [0.717, 1.165) is 25.9 Å². The third kappa shape index (κ3) is 1.91. The summed E-state index contributed by atoms with van der Waals surface area (Å²) in [6, 6.07) is -0.124. The fraction of sp³-hybridized carbons (Fsp3) is 0.667. The lowest BCUT2D eigenvalue weighted by atomic mass is 10.00. The smallest absolute Gasteiger partial charge is 0.325 e. The standard InChI is InChI=1S/C9H15N2O2P/c1-14-13-9(12)7-4-6-2-3-10-8(6)5-11-7/h7,10-11,14H,2-5H2,1H3. The maximum Gasteiger partial charge on any atom is 0.325 e. The highest BCUT2D eigenvalue weighted by Crippen LogP contribution is 2.23. The van der Waals surface area contributed by atoms with Crippen molar-refractivity contribution in [2.24, 2.45) is 0 Å². The fourth-order valence-electron chi connectivity index (χ4n) is 1.94. The normalized spacial score (nSPS) is 26.5. The number of hydrogen-bond donors (Lipinski definition) is 2. The summed E-state index contributed by atoms with van der Waals surface area (Å²) in [6.07, 6.45) is 1.89. The number of nitrogens with one attached hydrogen (secondary N) is 2. The second-order valence-corrected chi connectivity index (χ2v) is 4.13. The summed E-state index contributed by atoms with van der Waals surface area (Å²) < 4.78 is 5.01. The van der Waals surface area contributed by atoms with Gasteiger partial charge in [-0.25, -0.2) is 0 Å². The quantitative estimate of drug-likeness (QED) is 0.652. The molecule has 78 valence electrons. The molecule has 0 saturated heterocycles. The van der Waals surface area contributed by atoms with Crippen molar-refractivity contribution in [1.82, 2.24) is 10.6 Å². The SMILES string of the molecule is CPOC(=O)C1CC2=C(CN1)NCC2. The zero-order valence-corrected chi connectivity index (χ0v) is 9.22. The van der Waals surface area contributed by atoms with Crippen LogP contribution in [-0.4, -0.2) is 31.8 Å². The van der Waals surface area contributed by atoms with Crippen LogP contribution in [-0.2, 0) is 9.32 Å². The molecule has 0 saturated carbocycles. The van der Waals surface area contributed by atoms with Crippen molar-refractivity contribution in [1.29, 1.82) is 0 Å². The molecule has 2 rings (SSSR count). The van der Waals surface area contributed by atoms with Crippen molar-refractivity contribution in [3.63, 3.8) is 0 Å². The third-order valence-electron chi connectivity index (χ3n) is 2.65. The molecule has 2 N–H and O–H groups in total. The van der Waals surface area contributed by atoms with Crippen LogP contribution < -0.4 is 10.6 Å². The molecule has 2 unspecified atom stereocenters. The van der Waals surface area contributed by atoms with Crippen molar-refractivity contribution >= 4 is 14.8 Å². The molecule has 0 aromatic heterocycles. The van der Waals surface area contributed by atoms with Crippen molar-refractivity contribution in [2.45, 2.75) is 18.9 Å². The van der Waals surface area contributed by atoms with Crippen LogP contribution >= 0.6 is 8.81 Å². The summed E-state index contributed by atoms with van der Waals surface area (Å²) in [5, 5.41) is 6.50. The lowest BCUT2D eigenvalue weighted by Gasteiger charge is -2.23. The van der Waals surface area contributed by atoms with Gasteiger partial charge in [-0.3, -0.25) is 10.1 Å². The Balaban J connectivity index is 1.96. The lowest BCUT2D eigenvalue weighted by molar-refractivity contribution is -0.135. The largest absolute Gasteiger partial charge is 0.447 e. The third-order valence-corrected chi connectivity index (χ3v) is 3.06. The average molecular weight is 214 g/mol. The van der Waals surface area contributed by atoms with Gasteiger partial charge in [-0.15, -0.1) is 0 Å². The second kappa shape index (κ2) is 4.28. The maximum absolute atomic E-state index is 11.5. The van der Waals surface area contributed by atoms with Crippen molar-refractivity contribution in [3.8, 4) is 0 Å². The van der Waals surface area contributed by atoms with E-state index in [2.05, 4.69) is 10.6 Å². The van der Waals surface area contributed by atoms with Gasteiger partial charge in [0.1, 0.15) is 6.04 Å². The molecule has 5 heteroatoms. The van der Waals surface area contributed by atoms with E-state index in [9.17, 15) is 4.79 Å². The molecule has 0 bridgehead atoms. The Labute approximate surface area is 85.3 Å². The minimum atomic E-state index is -0.124. The monoisotopic (exact) mass is 214 g/mol. The van der Waals surface area contributed by atoms with Gasteiger partial charge in [0.2, 0.25) is 0 Å². The Morgan fingerprint density at radius 1 is 1.64 bits per heavy atom. The van der Waals surface area contributed by atoms with Crippen LogP contribution in [0.3, 0.4) is 0 Å². The van der Waals surface area contributed by atoms with Crippen LogP contribution in [0.2, 0.25) is 0 Å². The first-order chi connectivity index (χ1) is 6.81.